The van der Waals surface area contributed by atoms with Gasteiger partial charge in [-0.15, -0.1) is 11.8 Å². The van der Waals surface area contributed by atoms with Crippen LogP contribution in [0, 0.1) is 0 Å². The van der Waals surface area contributed by atoms with Gasteiger partial charge in [0.15, 0.2) is 0 Å². The lowest BCUT2D eigenvalue weighted by atomic mass is 10.2. The van der Waals surface area contributed by atoms with E-state index in [9.17, 15) is 9.59 Å². The molecule has 0 unspecified atom stereocenters. The molecule has 1 aliphatic carbocycles. The van der Waals surface area contributed by atoms with E-state index in [4.69, 9.17) is 4.52 Å². The molecular formula is C21H18N4O3S. The first kappa shape index (κ1) is 17.9. The van der Waals surface area contributed by atoms with Crippen molar-refractivity contribution in [2.24, 2.45) is 0 Å². The first-order valence-corrected chi connectivity index (χ1v) is 10.6. The summed E-state index contributed by atoms with van der Waals surface area (Å²) in [6.07, 6.45) is 3.72. The molecule has 0 radical (unpaired) electrons. The van der Waals surface area contributed by atoms with Crippen LogP contribution in [-0.2, 0) is 6.54 Å². The van der Waals surface area contributed by atoms with E-state index in [1.165, 1.54) is 4.57 Å². The monoisotopic (exact) mass is 406 g/mol. The van der Waals surface area contributed by atoms with Gasteiger partial charge in [-0.1, -0.05) is 17.3 Å². The van der Waals surface area contributed by atoms with Crippen molar-refractivity contribution in [2.45, 2.75) is 30.3 Å². The number of fused-ring (bicyclic) bond motifs is 1. The number of nitrogens with zero attached hydrogens (tertiary/aromatic N) is 4. The maximum atomic E-state index is 13.1. The first-order chi connectivity index (χ1) is 14.2. The highest BCUT2D eigenvalue weighted by Crippen LogP contribution is 2.32. The van der Waals surface area contributed by atoms with Crippen LogP contribution in [0.5, 0.6) is 0 Å². The topological polar surface area (TPSA) is 82.9 Å². The Balaban J connectivity index is 1.56. The van der Waals surface area contributed by atoms with Crippen molar-refractivity contribution in [2.75, 3.05) is 6.26 Å². The van der Waals surface area contributed by atoms with Gasteiger partial charge in [-0.2, -0.15) is 4.98 Å². The normalized spacial score (nSPS) is 13.8. The highest BCUT2D eigenvalue weighted by atomic mass is 32.2. The van der Waals surface area contributed by atoms with Gasteiger partial charge in [0.25, 0.3) is 5.56 Å². The quantitative estimate of drug-likeness (QED) is 0.473. The van der Waals surface area contributed by atoms with Crippen molar-refractivity contribution in [3.8, 4) is 11.4 Å². The van der Waals surface area contributed by atoms with E-state index in [2.05, 4.69) is 10.1 Å². The molecule has 0 atom stereocenters. The van der Waals surface area contributed by atoms with Gasteiger partial charge in [0, 0.05) is 16.5 Å². The molecule has 0 saturated heterocycles. The van der Waals surface area contributed by atoms with Gasteiger partial charge in [-0.3, -0.25) is 13.9 Å². The molecule has 0 bridgehead atoms. The summed E-state index contributed by atoms with van der Waals surface area (Å²) >= 11 is 1.66. The Kier molecular flexibility index (Phi) is 4.35. The number of para-hydroxylation sites is 1. The predicted molar refractivity (Wildman–Crippen MR) is 111 cm³/mol. The van der Waals surface area contributed by atoms with E-state index in [1.54, 1.807) is 34.5 Å². The second-order valence-electron chi connectivity index (χ2n) is 7.03. The third kappa shape index (κ3) is 3.19. The number of aromatic nitrogens is 4. The average Bonchev–Trinajstić information content (AvgIpc) is 3.48. The average molecular weight is 406 g/mol. The Hall–Kier alpha value is -3.13. The minimum Gasteiger partial charge on any atom is -0.337 e. The largest absolute Gasteiger partial charge is 0.337 e. The van der Waals surface area contributed by atoms with Crippen LogP contribution in [-0.4, -0.2) is 25.5 Å². The summed E-state index contributed by atoms with van der Waals surface area (Å²) in [5.41, 5.74) is 0.853. The third-order valence-corrected chi connectivity index (χ3v) is 5.85. The molecule has 8 heteroatoms. The molecule has 2 aromatic heterocycles. The van der Waals surface area contributed by atoms with Crippen LogP contribution in [0.3, 0.4) is 0 Å². The number of hydrogen-bond acceptors (Lipinski definition) is 6. The van der Waals surface area contributed by atoms with Crippen molar-refractivity contribution in [1.82, 2.24) is 19.3 Å². The maximum absolute atomic E-state index is 13.1. The number of benzene rings is 2. The molecule has 0 N–H and O–H groups in total. The molecule has 146 valence electrons. The summed E-state index contributed by atoms with van der Waals surface area (Å²) in [5, 5.41) is 4.58. The fraction of sp³-hybridized carbons (Fsp3) is 0.238. The van der Waals surface area contributed by atoms with E-state index in [1.807, 2.05) is 36.6 Å². The highest BCUT2D eigenvalue weighted by Gasteiger charge is 2.29. The fourth-order valence-electron chi connectivity index (χ4n) is 3.46. The Morgan fingerprint density at radius 3 is 2.59 bits per heavy atom. The van der Waals surface area contributed by atoms with E-state index in [-0.39, 0.29) is 23.8 Å². The van der Waals surface area contributed by atoms with Crippen LogP contribution < -0.4 is 11.2 Å². The zero-order chi connectivity index (χ0) is 20.0. The smallest absolute Gasteiger partial charge is 0.332 e. The second-order valence-corrected chi connectivity index (χ2v) is 7.91. The van der Waals surface area contributed by atoms with Gasteiger partial charge in [0.1, 0.15) is 6.54 Å². The molecule has 0 aliphatic heterocycles. The van der Waals surface area contributed by atoms with E-state index < -0.39 is 0 Å². The Morgan fingerprint density at radius 1 is 1.10 bits per heavy atom. The van der Waals surface area contributed by atoms with Gasteiger partial charge in [0.05, 0.1) is 10.9 Å². The molecule has 0 spiro atoms. The number of hydrogen-bond donors (Lipinski definition) is 0. The van der Waals surface area contributed by atoms with Crippen molar-refractivity contribution in [3.63, 3.8) is 0 Å². The molecule has 7 nitrogen and oxygen atoms in total. The van der Waals surface area contributed by atoms with Gasteiger partial charge >= 0.3 is 5.69 Å². The zero-order valence-corrected chi connectivity index (χ0v) is 16.6. The summed E-state index contributed by atoms with van der Waals surface area (Å²) in [7, 11) is 0. The second kappa shape index (κ2) is 7.04. The van der Waals surface area contributed by atoms with Crippen LogP contribution in [0.15, 0.2) is 67.5 Å². The fourth-order valence-corrected chi connectivity index (χ4v) is 3.87. The Morgan fingerprint density at radius 2 is 1.86 bits per heavy atom. The van der Waals surface area contributed by atoms with Crippen LogP contribution in [0.1, 0.15) is 24.8 Å². The standard InChI is InChI=1S/C21H18N4O3S/c1-29-15-10-6-13(7-11-15)19-22-18(28-23-19)12-24-17-5-3-2-4-16(17)20(26)25(21(24)27)14-8-9-14/h2-7,10-11,14H,8-9,12H2,1H3. The number of thioether (sulfide) groups is 1. The lowest BCUT2D eigenvalue weighted by Crippen LogP contribution is -2.39. The van der Waals surface area contributed by atoms with Gasteiger partial charge < -0.3 is 4.52 Å². The van der Waals surface area contributed by atoms with E-state index >= 15 is 0 Å². The third-order valence-electron chi connectivity index (χ3n) is 5.10. The summed E-state index contributed by atoms with van der Waals surface area (Å²) in [5.74, 6) is 0.794. The lowest BCUT2D eigenvalue weighted by molar-refractivity contribution is 0.369. The van der Waals surface area contributed by atoms with E-state index in [0.29, 0.717) is 22.6 Å². The molecule has 1 aliphatic rings. The minimum absolute atomic E-state index is 0.0148. The summed E-state index contributed by atoms with van der Waals surface area (Å²) in [6, 6.07) is 15.0. The molecule has 1 saturated carbocycles. The minimum atomic E-state index is -0.333. The molecule has 29 heavy (non-hydrogen) atoms. The molecule has 1 fully saturated rings. The summed E-state index contributed by atoms with van der Waals surface area (Å²) < 4.78 is 8.32. The van der Waals surface area contributed by atoms with Gasteiger partial charge in [-0.25, -0.2) is 4.79 Å². The SMILES string of the molecule is CSc1ccc(-c2noc(Cn3c(=O)n(C4CC4)c(=O)c4ccccc43)n2)cc1. The molecule has 0 amide bonds. The van der Waals surface area contributed by atoms with E-state index in [0.717, 1.165) is 23.3 Å². The van der Waals surface area contributed by atoms with Crippen molar-refractivity contribution in [3.05, 3.63) is 75.3 Å². The lowest BCUT2D eigenvalue weighted by Gasteiger charge is -2.12. The van der Waals surface area contributed by atoms with Crippen molar-refractivity contribution in [1.29, 1.82) is 0 Å². The number of rotatable bonds is 5. The van der Waals surface area contributed by atoms with Crippen LogP contribution in [0.2, 0.25) is 0 Å². The highest BCUT2D eigenvalue weighted by molar-refractivity contribution is 7.98. The van der Waals surface area contributed by atoms with Crippen LogP contribution in [0.25, 0.3) is 22.3 Å². The summed E-state index contributed by atoms with van der Waals surface area (Å²) in [4.78, 5) is 31.5. The van der Waals surface area contributed by atoms with Crippen molar-refractivity contribution >= 4 is 22.7 Å². The molecule has 2 aromatic carbocycles. The zero-order valence-electron chi connectivity index (χ0n) is 15.7. The van der Waals surface area contributed by atoms with Crippen LogP contribution in [0.4, 0.5) is 0 Å². The molecule has 5 rings (SSSR count). The molecule has 4 aromatic rings. The maximum Gasteiger partial charge on any atom is 0.332 e. The van der Waals surface area contributed by atoms with Gasteiger partial charge in [0.2, 0.25) is 11.7 Å². The van der Waals surface area contributed by atoms with Crippen molar-refractivity contribution < 1.29 is 4.52 Å². The van der Waals surface area contributed by atoms with Crippen LogP contribution >= 0.6 is 11.8 Å². The first-order valence-electron chi connectivity index (χ1n) is 9.37. The predicted octanol–water partition coefficient (Wildman–Crippen LogP) is 3.32. The molecule has 2 heterocycles. The van der Waals surface area contributed by atoms with Gasteiger partial charge in [-0.05, 0) is 55.5 Å². The Labute approximate surface area is 170 Å². The summed E-state index contributed by atoms with van der Waals surface area (Å²) in [6.45, 7) is 0.113. The molecular weight excluding hydrogens is 388 g/mol. The Bertz CT molecular complexity index is 1320.